The zero-order chi connectivity index (χ0) is 13.0. The number of aromatic nitrogens is 1. The van der Waals surface area contributed by atoms with Crippen LogP contribution in [0.5, 0.6) is 0 Å². The van der Waals surface area contributed by atoms with Crippen molar-refractivity contribution < 1.29 is 4.39 Å². The lowest BCUT2D eigenvalue weighted by Crippen LogP contribution is -2.39. The Labute approximate surface area is 108 Å². The fourth-order valence-electron chi connectivity index (χ4n) is 2.76. The van der Waals surface area contributed by atoms with E-state index in [-0.39, 0.29) is 5.82 Å². The summed E-state index contributed by atoms with van der Waals surface area (Å²) in [5.74, 6) is -0.250. The molecule has 1 saturated carbocycles. The van der Waals surface area contributed by atoms with Crippen LogP contribution in [0.1, 0.15) is 31.2 Å². The first-order valence-electron chi connectivity index (χ1n) is 6.66. The van der Waals surface area contributed by atoms with Crippen LogP contribution in [0.3, 0.4) is 0 Å². The van der Waals surface area contributed by atoms with Gasteiger partial charge < -0.3 is 5.32 Å². The fourth-order valence-corrected chi connectivity index (χ4v) is 2.76. The van der Waals surface area contributed by atoms with E-state index in [2.05, 4.69) is 22.2 Å². The lowest BCUT2D eigenvalue weighted by Gasteiger charge is -2.34. The van der Waals surface area contributed by atoms with Crippen LogP contribution in [0.4, 0.5) is 4.39 Å². The van der Waals surface area contributed by atoms with E-state index in [1.807, 2.05) is 7.05 Å². The van der Waals surface area contributed by atoms with Gasteiger partial charge in [0.15, 0.2) is 0 Å². The van der Waals surface area contributed by atoms with Gasteiger partial charge in [0, 0.05) is 24.8 Å². The van der Waals surface area contributed by atoms with Crippen molar-refractivity contribution in [1.29, 1.82) is 0 Å². The van der Waals surface area contributed by atoms with Crippen molar-refractivity contribution in [3.8, 4) is 0 Å². The first-order valence-corrected chi connectivity index (χ1v) is 6.66. The van der Waals surface area contributed by atoms with Gasteiger partial charge in [-0.25, -0.2) is 4.39 Å². The van der Waals surface area contributed by atoms with Gasteiger partial charge in [0.2, 0.25) is 0 Å². The van der Waals surface area contributed by atoms with Gasteiger partial charge in [-0.2, -0.15) is 0 Å². The van der Waals surface area contributed by atoms with Gasteiger partial charge in [0.05, 0.1) is 6.20 Å². The van der Waals surface area contributed by atoms with Crippen molar-refractivity contribution in [2.45, 2.75) is 44.3 Å². The minimum absolute atomic E-state index is 0.250. The van der Waals surface area contributed by atoms with Crippen molar-refractivity contribution in [3.05, 3.63) is 29.8 Å². The topological polar surface area (TPSA) is 28.2 Å². The monoisotopic (exact) mass is 251 g/mol. The van der Waals surface area contributed by atoms with Crippen molar-refractivity contribution in [2.75, 3.05) is 14.1 Å². The lowest BCUT2D eigenvalue weighted by atomic mass is 9.90. The van der Waals surface area contributed by atoms with E-state index >= 15 is 0 Å². The van der Waals surface area contributed by atoms with Crippen molar-refractivity contribution >= 4 is 0 Å². The molecule has 1 N–H and O–H groups in total. The fraction of sp³-hybridized carbons (Fsp3) is 0.643. The van der Waals surface area contributed by atoms with Gasteiger partial charge in [-0.15, -0.1) is 0 Å². The highest BCUT2D eigenvalue weighted by Gasteiger charge is 2.22. The van der Waals surface area contributed by atoms with Crippen LogP contribution in [-0.4, -0.2) is 36.1 Å². The largest absolute Gasteiger partial charge is 0.317 e. The molecule has 0 saturated heterocycles. The number of halogens is 1. The Hall–Kier alpha value is -1.00. The Kier molecular flexibility index (Phi) is 4.66. The third-order valence-corrected chi connectivity index (χ3v) is 3.92. The zero-order valence-electron chi connectivity index (χ0n) is 11.2. The van der Waals surface area contributed by atoms with Crippen molar-refractivity contribution in [3.63, 3.8) is 0 Å². The SMILES string of the molecule is CNC1CCC(N(C)Cc2cncc(F)c2)CC1. The molecule has 3 nitrogen and oxygen atoms in total. The van der Waals surface area contributed by atoms with Gasteiger partial charge >= 0.3 is 0 Å². The van der Waals surface area contributed by atoms with E-state index in [9.17, 15) is 4.39 Å². The number of rotatable bonds is 4. The smallest absolute Gasteiger partial charge is 0.141 e. The predicted molar refractivity (Wildman–Crippen MR) is 70.8 cm³/mol. The molecule has 0 aromatic carbocycles. The molecule has 4 heteroatoms. The number of nitrogens with zero attached hydrogens (tertiary/aromatic N) is 2. The molecule has 0 radical (unpaired) electrons. The second-order valence-electron chi connectivity index (χ2n) is 5.22. The summed E-state index contributed by atoms with van der Waals surface area (Å²) in [5.41, 5.74) is 0.952. The van der Waals surface area contributed by atoms with E-state index in [4.69, 9.17) is 0 Å². The molecule has 2 rings (SSSR count). The Morgan fingerprint density at radius 3 is 2.67 bits per heavy atom. The molecule has 1 heterocycles. The molecule has 0 unspecified atom stereocenters. The molecule has 1 aliphatic rings. The molecule has 0 atom stereocenters. The number of nitrogens with one attached hydrogen (secondary N) is 1. The second kappa shape index (κ2) is 6.25. The molecule has 18 heavy (non-hydrogen) atoms. The van der Waals surface area contributed by atoms with Crippen LogP contribution < -0.4 is 5.32 Å². The van der Waals surface area contributed by atoms with E-state index in [1.165, 1.54) is 31.9 Å². The van der Waals surface area contributed by atoms with E-state index in [1.54, 1.807) is 12.3 Å². The molecule has 0 bridgehead atoms. The zero-order valence-corrected chi connectivity index (χ0v) is 11.2. The van der Waals surface area contributed by atoms with Crippen LogP contribution in [0, 0.1) is 5.82 Å². The Morgan fingerprint density at radius 2 is 2.06 bits per heavy atom. The maximum atomic E-state index is 13.1. The molecular weight excluding hydrogens is 229 g/mol. The molecule has 1 fully saturated rings. The summed E-state index contributed by atoms with van der Waals surface area (Å²) in [6.45, 7) is 0.777. The van der Waals surface area contributed by atoms with Gasteiger partial charge in [-0.05, 0) is 51.4 Å². The maximum Gasteiger partial charge on any atom is 0.141 e. The van der Waals surface area contributed by atoms with Crippen LogP contribution in [0.2, 0.25) is 0 Å². The van der Waals surface area contributed by atoms with Gasteiger partial charge in [0.25, 0.3) is 0 Å². The number of pyridine rings is 1. The van der Waals surface area contributed by atoms with Gasteiger partial charge in [-0.1, -0.05) is 0 Å². The Balaban J connectivity index is 1.87. The first-order chi connectivity index (χ1) is 8.69. The molecule has 100 valence electrons. The van der Waals surface area contributed by atoms with Crippen LogP contribution in [0.15, 0.2) is 18.5 Å². The first kappa shape index (κ1) is 13.4. The standard InChI is InChI=1S/C14H22FN3/c1-16-13-3-5-14(6-4-13)18(2)10-11-7-12(15)9-17-8-11/h7-9,13-14,16H,3-6,10H2,1-2H3. The molecule has 1 aromatic heterocycles. The molecule has 0 aliphatic heterocycles. The third kappa shape index (κ3) is 3.50. The average molecular weight is 251 g/mol. The summed E-state index contributed by atoms with van der Waals surface area (Å²) in [4.78, 5) is 6.22. The van der Waals surface area contributed by atoms with Crippen LogP contribution >= 0.6 is 0 Å². The van der Waals surface area contributed by atoms with E-state index in [0.29, 0.717) is 12.1 Å². The van der Waals surface area contributed by atoms with Crippen LogP contribution in [0.25, 0.3) is 0 Å². The Bertz CT molecular complexity index is 375. The summed E-state index contributed by atoms with van der Waals surface area (Å²) in [6, 6.07) is 2.85. The average Bonchev–Trinajstić information content (AvgIpc) is 2.39. The number of hydrogen-bond donors (Lipinski definition) is 1. The van der Waals surface area contributed by atoms with E-state index < -0.39 is 0 Å². The quantitative estimate of drug-likeness (QED) is 0.889. The van der Waals surface area contributed by atoms with Gasteiger partial charge in [0.1, 0.15) is 5.82 Å². The molecular formula is C14H22FN3. The van der Waals surface area contributed by atoms with Gasteiger partial charge in [-0.3, -0.25) is 9.88 Å². The molecule has 1 aliphatic carbocycles. The summed E-state index contributed by atoms with van der Waals surface area (Å²) in [7, 11) is 4.16. The maximum absolute atomic E-state index is 13.1. The second-order valence-corrected chi connectivity index (χ2v) is 5.22. The minimum Gasteiger partial charge on any atom is -0.317 e. The highest BCUT2D eigenvalue weighted by molar-refractivity contribution is 5.10. The summed E-state index contributed by atoms with van der Waals surface area (Å²) in [6.07, 6.45) is 7.88. The van der Waals surface area contributed by atoms with Crippen molar-refractivity contribution in [1.82, 2.24) is 15.2 Å². The van der Waals surface area contributed by atoms with Crippen LogP contribution in [-0.2, 0) is 6.54 Å². The summed E-state index contributed by atoms with van der Waals surface area (Å²) < 4.78 is 13.1. The minimum atomic E-state index is -0.250. The summed E-state index contributed by atoms with van der Waals surface area (Å²) >= 11 is 0. The predicted octanol–water partition coefficient (Wildman–Crippen LogP) is 2.18. The van der Waals surface area contributed by atoms with E-state index in [0.717, 1.165) is 12.1 Å². The summed E-state index contributed by atoms with van der Waals surface area (Å²) in [5, 5.41) is 3.34. The molecule has 1 aromatic rings. The number of hydrogen-bond acceptors (Lipinski definition) is 3. The van der Waals surface area contributed by atoms with Crippen molar-refractivity contribution in [2.24, 2.45) is 0 Å². The molecule has 0 amide bonds. The third-order valence-electron chi connectivity index (χ3n) is 3.92. The highest BCUT2D eigenvalue weighted by Crippen LogP contribution is 2.23. The lowest BCUT2D eigenvalue weighted by molar-refractivity contribution is 0.169. The Morgan fingerprint density at radius 1 is 1.33 bits per heavy atom. The molecule has 0 spiro atoms. The normalized spacial score (nSPS) is 24.4. The highest BCUT2D eigenvalue weighted by atomic mass is 19.1.